The van der Waals surface area contributed by atoms with Crippen molar-refractivity contribution in [2.75, 3.05) is 7.05 Å². The van der Waals surface area contributed by atoms with Crippen LogP contribution < -0.4 is 5.32 Å². The van der Waals surface area contributed by atoms with Gasteiger partial charge in [-0.15, -0.1) is 11.3 Å². The molecule has 6 heteroatoms. The van der Waals surface area contributed by atoms with E-state index in [4.69, 9.17) is 17.0 Å². The molecule has 1 fully saturated rings. The summed E-state index contributed by atoms with van der Waals surface area (Å²) >= 11 is 7.66. The Morgan fingerprint density at radius 2 is 2.14 bits per heavy atom. The maximum Gasteiger partial charge on any atom is 0.231 e. The highest BCUT2D eigenvalue weighted by molar-refractivity contribution is 7.15. The molecule has 1 amide bonds. The van der Waals surface area contributed by atoms with Crippen molar-refractivity contribution in [1.29, 1.82) is 5.41 Å². The second-order valence-corrected chi connectivity index (χ2v) is 7.13. The van der Waals surface area contributed by atoms with Gasteiger partial charge in [0.25, 0.3) is 0 Å². The number of rotatable bonds is 2. The lowest BCUT2D eigenvalue weighted by molar-refractivity contribution is -0.129. The first-order valence-corrected chi connectivity index (χ1v) is 8.08. The molecule has 2 aromatic rings. The highest BCUT2D eigenvalue weighted by Gasteiger charge is 2.38. The molecule has 1 aliphatic rings. The molecule has 4 nitrogen and oxygen atoms in total. The fourth-order valence-electron chi connectivity index (χ4n) is 2.52. The van der Waals surface area contributed by atoms with Crippen molar-refractivity contribution in [3.63, 3.8) is 0 Å². The predicted molar refractivity (Wildman–Crippen MR) is 90.4 cm³/mol. The van der Waals surface area contributed by atoms with Crippen LogP contribution in [-0.2, 0) is 10.3 Å². The van der Waals surface area contributed by atoms with E-state index in [1.807, 2.05) is 43.3 Å². The highest BCUT2D eigenvalue weighted by Crippen LogP contribution is 2.37. The minimum Gasteiger partial charge on any atom is -0.345 e. The zero-order valence-electron chi connectivity index (χ0n) is 12.3. The Morgan fingerprint density at radius 1 is 1.36 bits per heavy atom. The third-order valence-electron chi connectivity index (χ3n) is 3.87. The minimum absolute atomic E-state index is 0.0519. The predicted octanol–water partition coefficient (Wildman–Crippen LogP) is 3.67. The van der Waals surface area contributed by atoms with E-state index in [-0.39, 0.29) is 11.9 Å². The summed E-state index contributed by atoms with van der Waals surface area (Å²) < 4.78 is 0. The van der Waals surface area contributed by atoms with Gasteiger partial charge in [0.1, 0.15) is 0 Å². The van der Waals surface area contributed by atoms with Crippen LogP contribution in [0.15, 0.2) is 36.4 Å². The quantitative estimate of drug-likeness (QED) is 0.881. The Kier molecular flexibility index (Phi) is 3.70. The van der Waals surface area contributed by atoms with Gasteiger partial charge in [0, 0.05) is 21.8 Å². The molecule has 0 aliphatic carbocycles. The first-order chi connectivity index (χ1) is 10.4. The SMILES string of the molecule is CN1C(=N)N[C@](C)(c2ccc(-c3cccc(Cl)c3)s2)CC1=O. The molecule has 0 unspecified atom stereocenters. The number of hydrogen-bond donors (Lipinski definition) is 2. The molecular weight excluding hydrogens is 318 g/mol. The highest BCUT2D eigenvalue weighted by atomic mass is 35.5. The van der Waals surface area contributed by atoms with Gasteiger partial charge in [-0.25, -0.2) is 0 Å². The fraction of sp³-hybridized carbons (Fsp3) is 0.250. The van der Waals surface area contributed by atoms with Crippen molar-refractivity contribution in [3.05, 3.63) is 46.3 Å². The fourth-order valence-corrected chi connectivity index (χ4v) is 3.81. The van der Waals surface area contributed by atoms with Gasteiger partial charge in [0.05, 0.1) is 12.0 Å². The third kappa shape index (κ3) is 2.62. The minimum atomic E-state index is -0.540. The molecule has 0 bridgehead atoms. The topological polar surface area (TPSA) is 56.2 Å². The van der Waals surface area contributed by atoms with Crippen molar-refractivity contribution in [2.24, 2.45) is 0 Å². The van der Waals surface area contributed by atoms with Crippen molar-refractivity contribution in [2.45, 2.75) is 18.9 Å². The summed E-state index contributed by atoms with van der Waals surface area (Å²) in [6, 6.07) is 11.8. The van der Waals surface area contributed by atoms with Crippen molar-refractivity contribution in [3.8, 4) is 10.4 Å². The molecule has 0 saturated carbocycles. The first-order valence-electron chi connectivity index (χ1n) is 6.88. The maximum absolute atomic E-state index is 12.0. The van der Waals surface area contributed by atoms with Crippen LogP contribution in [0.1, 0.15) is 18.2 Å². The van der Waals surface area contributed by atoms with E-state index in [9.17, 15) is 4.79 Å². The number of carbonyl (C=O) groups is 1. The molecule has 114 valence electrons. The van der Waals surface area contributed by atoms with E-state index in [1.165, 1.54) is 4.90 Å². The standard InChI is InChI=1S/C16H16ClN3OS/c1-16(9-14(21)20(2)15(18)19-16)13-7-6-12(22-13)10-4-3-5-11(17)8-10/h3-8H,9H2,1-2H3,(H2,18,19)/t16-/m0/s1. The van der Waals surface area contributed by atoms with E-state index >= 15 is 0 Å². The lowest BCUT2D eigenvalue weighted by Crippen LogP contribution is -2.57. The first kappa shape index (κ1) is 15.1. The van der Waals surface area contributed by atoms with Gasteiger partial charge in [-0.1, -0.05) is 23.7 Å². The van der Waals surface area contributed by atoms with Crippen molar-refractivity contribution in [1.82, 2.24) is 10.2 Å². The van der Waals surface area contributed by atoms with Crippen molar-refractivity contribution < 1.29 is 4.79 Å². The van der Waals surface area contributed by atoms with Crippen LogP contribution in [0.25, 0.3) is 10.4 Å². The Balaban J connectivity index is 1.93. The van der Waals surface area contributed by atoms with Crippen LogP contribution in [0.4, 0.5) is 0 Å². The number of amides is 1. The normalized spacial score (nSPS) is 21.9. The molecule has 1 atom stereocenters. The van der Waals surface area contributed by atoms with Gasteiger partial charge < -0.3 is 5.32 Å². The van der Waals surface area contributed by atoms with Crippen LogP contribution in [0.2, 0.25) is 5.02 Å². The zero-order valence-corrected chi connectivity index (χ0v) is 13.9. The molecule has 0 radical (unpaired) electrons. The number of halogens is 1. The monoisotopic (exact) mass is 333 g/mol. The van der Waals surface area contributed by atoms with E-state index in [1.54, 1.807) is 18.4 Å². The Labute approximate surface area is 138 Å². The Hall–Kier alpha value is -1.85. The molecule has 0 spiro atoms. The summed E-state index contributed by atoms with van der Waals surface area (Å²) in [5.74, 6) is 0.0837. The van der Waals surface area contributed by atoms with Gasteiger partial charge in [-0.05, 0) is 36.8 Å². The number of hydrogen-bond acceptors (Lipinski definition) is 3. The van der Waals surface area contributed by atoms with Crippen molar-refractivity contribution >= 4 is 34.8 Å². The zero-order chi connectivity index (χ0) is 15.9. The van der Waals surface area contributed by atoms with E-state index in [0.717, 1.165) is 15.3 Å². The van der Waals surface area contributed by atoms with Crippen LogP contribution in [-0.4, -0.2) is 23.8 Å². The summed E-state index contributed by atoms with van der Waals surface area (Å²) in [4.78, 5) is 15.5. The van der Waals surface area contributed by atoms with E-state index < -0.39 is 5.54 Å². The summed E-state index contributed by atoms with van der Waals surface area (Å²) in [6.07, 6.45) is 0.335. The molecular formula is C16H16ClN3OS. The van der Waals surface area contributed by atoms with Gasteiger partial charge in [0.15, 0.2) is 5.96 Å². The smallest absolute Gasteiger partial charge is 0.231 e. The van der Waals surface area contributed by atoms with Gasteiger partial charge >= 0.3 is 0 Å². The van der Waals surface area contributed by atoms with Crippen LogP contribution >= 0.6 is 22.9 Å². The molecule has 22 heavy (non-hydrogen) atoms. The maximum atomic E-state index is 12.0. The Morgan fingerprint density at radius 3 is 2.82 bits per heavy atom. The lowest BCUT2D eigenvalue weighted by atomic mass is 9.93. The van der Waals surface area contributed by atoms with E-state index in [2.05, 4.69) is 5.32 Å². The summed E-state index contributed by atoms with van der Waals surface area (Å²) in [5, 5.41) is 11.8. The largest absolute Gasteiger partial charge is 0.345 e. The molecule has 1 aliphatic heterocycles. The van der Waals surface area contributed by atoms with Crippen LogP contribution in [0.3, 0.4) is 0 Å². The average Bonchev–Trinajstić information content (AvgIpc) is 2.95. The molecule has 1 saturated heterocycles. The average molecular weight is 334 g/mol. The Bertz CT molecular complexity index is 737. The summed E-state index contributed by atoms with van der Waals surface area (Å²) in [6.45, 7) is 1.96. The van der Waals surface area contributed by atoms with Crippen LogP contribution in [0, 0.1) is 5.41 Å². The third-order valence-corrected chi connectivity index (χ3v) is 5.50. The number of nitrogens with zero attached hydrogens (tertiary/aromatic N) is 1. The number of guanidine groups is 1. The van der Waals surface area contributed by atoms with Gasteiger partial charge in [-0.2, -0.15) is 0 Å². The number of carbonyl (C=O) groups excluding carboxylic acids is 1. The van der Waals surface area contributed by atoms with Gasteiger partial charge in [0.2, 0.25) is 5.91 Å². The molecule has 1 aromatic heterocycles. The summed E-state index contributed by atoms with van der Waals surface area (Å²) in [5.41, 5.74) is 0.518. The number of benzene rings is 1. The molecule has 1 aromatic carbocycles. The lowest BCUT2D eigenvalue weighted by Gasteiger charge is -2.38. The molecule has 2 N–H and O–H groups in total. The van der Waals surface area contributed by atoms with Crippen LogP contribution in [0.5, 0.6) is 0 Å². The summed E-state index contributed by atoms with van der Waals surface area (Å²) in [7, 11) is 1.61. The second-order valence-electron chi connectivity index (χ2n) is 5.61. The number of nitrogens with one attached hydrogen (secondary N) is 2. The van der Waals surface area contributed by atoms with Gasteiger partial charge in [-0.3, -0.25) is 15.1 Å². The van der Waals surface area contributed by atoms with E-state index in [0.29, 0.717) is 11.4 Å². The number of thiophene rings is 1. The molecule has 3 rings (SSSR count). The second kappa shape index (κ2) is 5.41. The molecule has 2 heterocycles.